The van der Waals surface area contributed by atoms with E-state index in [1.54, 1.807) is 24.3 Å². The highest BCUT2D eigenvalue weighted by molar-refractivity contribution is 6.05. The highest BCUT2D eigenvalue weighted by Crippen LogP contribution is 2.31. The Morgan fingerprint density at radius 1 is 1.15 bits per heavy atom. The summed E-state index contributed by atoms with van der Waals surface area (Å²) in [7, 11) is 0. The Labute approximate surface area is 188 Å². The molecular formula is C21H16F5N3O5. The number of nitrogens with one attached hydrogen (secondary N) is 1. The number of halogens is 5. The second-order valence-corrected chi connectivity index (χ2v) is 7.32. The lowest BCUT2D eigenvalue weighted by atomic mass is 10.0. The Kier molecular flexibility index (Phi) is 6.93. The molecule has 8 nitrogen and oxygen atoms in total. The second-order valence-electron chi connectivity index (χ2n) is 7.32. The predicted octanol–water partition coefficient (Wildman–Crippen LogP) is 3.08. The van der Waals surface area contributed by atoms with Crippen molar-refractivity contribution in [2.45, 2.75) is 38.0 Å². The maximum atomic E-state index is 12.9. The first-order chi connectivity index (χ1) is 15.9. The van der Waals surface area contributed by atoms with Gasteiger partial charge in [0.1, 0.15) is 11.7 Å². The Hall–Kier alpha value is -3.90. The lowest BCUT2D eigenvalue weighted by Crippen LogP contribution is -2.52. The molecule has 1 saturated heterocycles. The highest BCUT2D eigenvalue weighted by atomic mass is 19.4. The van der Waals surface area contributed by atoms with Gasteiger partial charge in [0.25, 0.3) is 12.3 Å². The van der Waals surface area contributed by atoms with Crippen molar-refractivity contribution < 1.29 is 46.2 Å². The summed E-state index contributed by atoms with van der Waals surface area (Å²) in [6, 6.07) is 8.72. The smallest absolute Gasteiger partial charge is 0.475 e. The van der Waals surface area contributed by atoms with Crippen LogP contribution in [0.15, 0.2) is 36.4 Å². The van der Waals surface area contributed by atoms with Gasteiger partial charge < -0.3 is 10.0 Å². The first-order valence-electron chi connectivity index (χ1n) is 9.71. The summed E-state index contributed by atoms with van der Waals surface area (Å²) in [6.45, 7) is 0.225. The van der Waals surface area contributed by atoms with E-state index in [9.17, 15) is 36.3 Å². The summed E-state index contributed by atoms with van der Waals surface area (Å²) < 4.78 is 57.5. The van der Waals surface area contributed by atoms with Crippen molar-refractivity contribution in [3.8, 4) is 11.3 Å². The van der Waals surface area contributed by atoms with Gasteiger partial charge in [-0.25, -0.2) is 18.6 Å². The number of fused-ring (bicyclic) bond motifs is 1. The molecule has 1 aromatic carbocycles. The third kappa shape index (κ3) is 5.35. The number of carbonyl (C=O) groups is 4. The molecule has 13 heteroatoms. The van der Waals surface area contributed by atoms with Crippen LogP contribution in [-0.4, -0.2) is 50.9 Å². The summed E-state index contributed by atoms with van der Waals surface area (Å²) in [6.07, 6.45) is -7.27. The molecular weight excluding hydrogens is 469 g/mol. The topological polar surface area (TPSA) is 117 Å². The quantitative estimate of drug-likeness (QED) is 0.510. The summed E-state index contributed by atoms with van der Waals surface area (Å²) in [5, 5.41) is 9.38. The van der Waals surface area contributed by atoms with Gasteiger partial charge >= 0.3 is 12.1 Å². The standard InChI is InChI=1S/C19H15F2N3O3.C2HF3O2/c20-17(21)14-3-1-2-13(22-14)10-4-5-12-11(8-10)9-24(19(12)27)15-6-7-16(25)23-18(15)26;3-2(4,5)1(6)7/h1-5,8,15,17H,6-7,9H2,(H,23,25,26);(H,6,7). The fourth-order valence-electron chi connectivity index (χ4n) is 3.47. The number of carboxylic acid groups (broad SMARTS) is 1. The molecule has 2 N–H and O–H groups in total. The minimum atomic E-state index is -5.08. The maximum absolute atomic E-state index is 12.9. The van der Waals surface area contributed by atoms with Crippen LogP contribution in [0.5, 0.6) is 0 Å². The number of hydrogen-bond acceptors (Lipinski definition) is 5. The largest absolute Gasteiger partial charge is 0.490 e. The lowest BCUT2D eigenvalue weighted by molar-refractivity contribution is -0.192. The molecule has 4 rings (SSSR count). The van der Waals surface area contributed by atoms with Crippen molar-refractivity contribution in [3.05, 3.63) is 53.2 Å². The van der Waals surface area contributed by atoms with Crippen molar-refractivity contribution in [2.75, 3.05) is 0 Å². The molecule has 0 saturated carbocycles. The van der Waals surface area contributed by atoms with Crippen LogP contribution < -0.4 is 5.32 Å². The highest BCUT2D eigenvalue weighted by Gasteiger charge is 2.39. The molecule has 0 spiro atoms. The van der Waals surface area contributed by atoms with Gasteiger partial charge in [-0.1, -0.05) is 12.1 Å². The Bertz CT molecular complexity index is 1150. The molecule has 2 aromatic rings. The number of aromatic nitrogens is 1. The molecule has 0 aliphatic carbocycles. The number of benzene rings is 1. The zero-order chi connectivity index (χ0) is 25.2. The first kappa shape index (κ1) is 24.7. The zero-order valence-corrected chi connectivity index (χ0v) is 17.1. The van der Waals surface area contributed by atoms with Crippen molar-refractivity contribution in [3.63, 3.8) is 0 Å². The number of rotatable bonds is 3. The number of aliphatic carboxylic acids is 1. The van der Waals surface area contributed by atoms with Gasteiger partial charge in [0.15, 0.2) is 0 Å². The number of nitrogens with zero attached hydrogens (tertiary/aromatic N) is 2. The van der Waals surface area contributed by atoms with E-state index in [1.807, 2.05) is 0 Å². The molecule has 1 aromatic heterocycles. The second kappa shape index (κ2) is 9.53. The Morgan fingerprint density at radius 2 is 1.82 bits per heavy atom. The molecule has 180 valence electrons. The van der Waals surface area contributed by atoms with Crippen LogP contribution in [-0.2, 0) is 20.9 Å². The molecule has 0 bridgehead atoms. The average Bonchev–Trinajstić information content (AvgIpc) is 3.09. The van der Waals surface area contributed by atoms with Crippen LogP contribution in [0.4, 0.5) is 22.0 Å². The van der Waals surface area contributed by atoms with Gasteiger partial charge in [0, 0.05) is 24.1 Å². The normalized spacial score (nSPS) is 17.8. The minimum Gasteiger partial charge on any atom is -0.475 e. The third-order valence-corrected chi connectivity index (χ3v) is 5.06. The number of hydrogen-bond donors (Lipinski definition) is 2. The van der Waals surface area contributed by atoms with E-state index >= 15 is 0 Å². The molecule has 1 unspecified atom stereocenters. The van der Waals surface area contributed by atoms with Crippen molar-refractivity contribution in [1.82, 2.24) is 15.2 Å². The first-order valence-corrected chi connectivity index (χ1v) is 9.71. The van der Waals surface area contributed by atoms with Crippen molar-refractivity contribution in [1.29, 1.82) is 0 Å². The molecule has 34 heavy (non-hydrogen) atoms. The Balaban J connectivity index is 0.000000406. The average molecular weight is 485 g/mol. The number of imide groups is 1. The van der Waals surface area contributed by atoms with E-state index in [1.165, 1.54) is 17.0 Å². The molecule has 3 amide bonds. The number of amides is 3. The molecule has 0 radical (unpaired) electrons. The van der Waals surface area contributed by atoms with Gasteiger partial charge in [-0.05, 0) is 36.2 Å². The third-order valence-electron chi connectivity index (χ3n) is 5.06. The van der Waals surface area contributed by atoms with E-state index in [0.717, 1.165) is 0 Å². The van der Waals surface area contributed by atoms with E-state index < -0.39 is 30.5 Å². The van der Waals surface area contributed by atoms with Gasteiger partial charge in [0.05, 0.1) is 5.69 Å². The van der Waals surface area contributed by atoms with Gasteiger partial charge in [-0.3, -0.25) is 19.7 Å². The lowest BCUT2D eigenvalue weighted by Gasteiger charge is -2.29. The van der Waals surface area contributed by atoms with E-state index in [-0.39, 0.29) is 36.9 Å². The number of alkyl halides is 5. The number of carboxylic acids is 1. The van der Waals surface area contributed by atoms with Crippen molar-refractivity contribution >= 4 is 23.7 Å². The summed E-state index contributed by atoms with van der Waals surface area (Å²) in [5.41, 5.74) is 1.87. The molecule has 3 heterocycles. The van der Waals surface area contributed by atoms with Crippen LogP contribution in [0.3, 0.4) is 0 Å². The van der Waals surface area contributed by atoms with E-state index in [4.69, 9.17) is 9.90 Å². The molecule has 1 fully saturated rings. The maximum Gasteiger partial charge on any atom is 0.490 e. The minimum absolute atomic E-state index is 0.187. The van der Waals surface area contributed by atoms with E-state index in [2.05, 4.69) is 10.3 Å². The number of carbonyl (C=O) groups excluding carboxylic acids is 3. The SMILES string of the molecule is O=C(O)C(F)(F)F.O=C1CCC(N2Cc3cc(-c4cccc(C(F)F)n4)ccc3C2=O)C(=O)N1. The number of pyridine rings is 1. The summed E-state index contributed by atoms with van der Waals surface area (Å²) in [4.78, 5) is 50.4. The predicted molar refractivity (Wildman–Crippen MR) is 104 cm³/mol. The monoisotopic (exact) mass is 485 g/mol. The molecule has 2 aliphatic rings. The molecule has 1 atom stereocenters. The van der Waals surface area contributed by atoms with Crippen LogP contribution in [0.2, 0.25) is 0 Å². The fraction of sp³-hybridized carbons (Fsp3) is 0.286. The van der Waals surface area contributed by atoms with Crippen LogP contribution in [0, 0.1) is 0 Å². The van der Waals surface area contributed by atoms with Gasteiger partial charge in [-0.15, -0.1) is 0 Å². The fourth-order valence-corrected chi connectivity index (χ4v) is 3.47. The zero-order valence-electron chi connectivity index (χ0n) is 17.1. The van der Waals surface area contributed by atoms with Gasteiger partial charge in [0.2, 0.25) is 11.8 Å². The van der Waals surface area contributed by atoms with Crippen LogP contribution in [0.25, 0.3) is 11.3 Å². The van der Waals surface area contributed by atoms with E-state index in [0.29, 0.717) is 22.4 Å². The molecule has 2 aliphatic heterocycles. The van der Waals surface area contributed by atoms with Crippen molar-refractivity contribution in [2.24, 2.45) is 0 Å². The number of piperidine rings is 1. The van der Waals surface area contributed by atoms with Crippen LogP contribution in [0.1, 0.15) is 40.9 Å². The Morgan fingerprint density at radius 3 is 2.41 bits per heavy atom. The van der Waals surface area contributed by atoms with Gasteiger partial charge in [-0.2, -0.15) is 13.2 Å². The summed E-state index contributed by atoms with van der Waals surface area (Å²) in [5.74, 6) is -3.85. The summed E-state index contributed by atoms with van der Waals surface area (Å²) >= 11 is 0. The van der Waals surface area contributed by atoms with Crippen LogP contribution >= 0.6 is 0 Å².